The molecule has 3 aromatic rings. The van der Waals surface area contributed by atoms with Gasteiger partial charge in [0.1, 0.15) is 33.5 Å². The minimum atomic E-state index is -3.11. The number of hydrogen-bond donors (Lipinski definition) is 1. The first-order chi connectivity index (χ1) is 22.4. The lowest BCUT2D eigenvalue weighted by atomic mass is 9.90. The molecule has 0 saturated carbocycles. The molecule has 0 spiro atoms. The summed E-state index contributed by atoms with van der Waals surface area (Å²) in [4.78, 5) is 37.2. The quantitative estimate of drug-likeness (QED) is 0.312. The van der Waals surface area contributed by atoms with Crippen LogP contribution < -0.4 is 15.1 Å². The zero-order valence-electron chi connectivity index (χ0n) is 27.3. The van der Waals surface area contributed by atoms with Gasteiger partial charge in [0.05, 0.1) is 30.5 Å². The monoisotopic (exact) mass is 666 g/mol. The van der Waals surface area contributed by atoms with Crippen molar-refractivity contribution in [2.24, 2.45) is 5.92 Å². The van der Waals surface area contributed by atoms with Crippen molar-refractivity contribution in [1.82, 2.24) is 24.8 Å². The lowest BCUT2D eigenvalue weighted by Crippen LogP contribution is -2.57. The van der Waals surface area contributed by atoms with E-state index in [0.717, 1.165) is 35.0 Å². The largest absolute Gasteiger partial charge is 0.372 e. The van der Waals surface area contributed by atoms with E-state index in [9.17, 15) is 17.6 Å². The summed E-state index contributed by atoms with van der Waals surface area (Å²) in [5, 5.41) is 5.01. The second-order valence-corrected chi connectivity index (χ2v) is 15.3. The van der Waals surface area contributed by atoms with Crippen LogP contribution >= 0.6 is 0 Å². The number of alkyl halides is 1. The topological polar surface area (TPSA) is 134 Å². The van der Waals surface area contributed by atoms with Crippen LogP contribution in [-0.2, 0) is 19.4 Å². The molecule has 0 aromatic carbocycles. The zero-order chi connectivity index (χ0) is 33.5. The highest BCUT2D eigenvalue weighted by Crippen LogP contribution is 2.41. The molecule has 0 radical (unpaired) electrons. The Balaban J connectivity index is 1.30. The van der Waals surface area contributed by atoms with Gasteiger partial charge in [-0.15, -0.1) is 0 Å². The Bertz CT molecular complexity index is 1760. The second kappa shape index (κ2) is 13.3. The molecular formula is C33H43FN8O4S. The van der Waals surface area contributed by atoms with Gasteiger partial charge in [-0.2, -0.15) is 4.98 Å². The number of amides is 1. The fourth-order valence-electron chi connectivity index (χ4n) is 6.99. The number of likely N-dealkylation sites (tertiary alicyclic amines) is 1. The van der Waals surface area contributed by atoms with Crippen LogP contribution in [0.3, 0.4) is 0 Å². The molecule has 3 aromatic heterocycles. The molecule has 1 amide bonds. The molecule has 1 unspecified atom stereocenters. The average Bonchev–Trinajstić information content (AvgIpc) is 3.52. The Morgan fingerprint density at radius 3 is 2.66 bits per heavy atom. The number of anilines is 4. The average molecular weight is 667 g/mol. The molecule has 6 heterocycles. The van der Waals surface area contributed by atoms with Crippen LogP contribution in [0.1, 0.15) is 51.6 Å². The Morgan fingerprint density at radius 1 is 1.15 bits per heavy atom. The highest BCUT2D eigenvalue weighted by molar-refractivity contribution is 7.90. The molecule has 252 valence electrons. The maximum atomic E-state index is 14.9. The second-order valence-electron chi connectivity index (χ2n) is 13.1. The molecule has 3 aliphatic heterocycles. The van der Waals surface area contributed by atoms with Crippen LogP contribution in [0.15, 0.2) is 43.4 Å². The third kappa shape index (κ3) is 7.03. The number of rotatable bonds is 10. The number of pyridine rings is 2. The van der Waals surface area contributed by atoms with Crippen LogP contribution in [0.5, 0.6) is 0 Å². The number of halogens is 1. The number of hydrogen-bond acceptors (Lipinski definition) is 11. The van der Waals surface area contributed by atoms with Crippen molar-refractivity contribution in [3.63, 3.8) is 0 Å². The van der Waals surface area contributed by atoms with Crippen molar-refractivity contribution in [2.75, 3.05) is 53.3 Å². The van der Waals surface area contributed by atoms with E-state index in [1.54, 1.807) is 18.5 Å². The van der Waals surface area contributed by atoms with Gasteiger partial charge in [0, 0.05) is 67.4 Å². The van der Waals surface area contributed by atoms with Gasteiger partial charge in [-0.1, -0.05) is 6.58 Å². The van der Waals surface area contributed by atoms with Crippen LogP contribution in [-0.4, -0.2) is 102 Å². The van der Waals surface area contributed by atoms with Crippen molar-refractivity contribution in [2.45, 2.75) is 70.5 Å². The molecule has 3 aliphatic rings. The summed E-state index contributed by atoms with van der Waals surface area (Å²) in [5.74, 6) is 2.23. The SMILES string of the molecule is C=CC(=O)N1CCCC1c1cnc(N2C[C@H](CS(C)(=O)=O)[C@H]2C)c2cnc(Nc3ccnc(N4CC[C@@H](OC(C)C)[C@@H](F)C4)n3)cc12. The summed E-state index contributed by atoms with van der Waals surface area (Å²) in [6.45, 7) is 11.5. The Labute approximate surface area is 275 Å². The van der Waals surface area contributed by atoms with E-state index in [-0.39, 0.29) is 42.3 Å². The maximum Gasteiger partial charge on any atom is 0.246 e. The number of piperidine rings is 1. The number of ether oxygens (including phenoxy) is 1. The smallest absolute Gasteiger partial charge is 0.246 e. The predicted octanol–water partition coefficient (Wildman–Crippen LogP) is 4.22. The molecule has 12 nitrogen and oxygen atoms in total. The van der Waals surface area contributed by atoms with Gasteiger partial charge in [0.2, 0.25) is 11.9 Å². The van der Waals surface area contributed by atoms with Gasteiger partial charge in [-0.3, -0.25) is 4.79 Å². The number of carbonyl (C=O) groups is 1. The lowest BCUT2D eigenvalue weighted by molar-refractivity contribution is -0.126. The third-order valence-corrected chi connectivity index (χ3v) is 10.4. The summed E-state index contributed by atoms with van der Waals surface area (Å²) in [7, 11) is -3.11. The van der Waals surface area contributed by atoms with E-state index in [1.807, 2.05) is 42.8 Å². The number of sulfone groups is 1. The van der Waals surface area contributed by atoms with E-state index in [0.29, 0.717) is 43.6 Å². The number of nitrogens with zero attached hydrogens (tertiary/aromatic N) is 7. The van der Waals surface area contributed by atoms with Gasteiger partial charge in [-0.25, -0.2) is 27.8 Å². The molecule has 3 saturated heterocycles. The summed E-state index contributed by atoms with van der Waals surface area (Å²) in [6.07, 6.45) is 8.43. The fourth-order valence-corrected chi connectivity index (χ4v) is 8.16. The number of fused-ring (bicyclic) bond motifs is 1. The molecule has 47 heavy (non-hydrogen) atoms. The van der Waals surface area contributed by atoms with E-state index in [1.165, 1.54) is 12.3 Å². The standard InChI is InChI=1S/C33H43FN8O4S/c1-6-31(43)41-12-7-8-27(41)24-15-37-32(42-17-22(21(42)4)19-47(5,44)45)25-16-36-30(14-23(24)25)38-29-9-11-35-33(39-29)40-13-10-28(26(34)18-40)46-20(2)3/h6,9,11,14-16,20-22,26-28H,1,7-8,10,12-13,17-19H2,2-5H3,(H,35,36,38,39)/t21-,22-,26+,27?,28-/m1/s1. The normalized spacial score (nSPS) is 24.9. The Morgan fingerprint density at radius 2 is 1.96 bits per heavy atom. The molecule has 1 N–H and O–H groups in total. The van der Waals surface area contributed by atoms with Gasteiger partial charge in [0.15, 0.2) is 0 Å². The van der Waals surface area contributed by atoms with Crippen molar-refractivity contribution in [3.8, 4) is 0 Å². The van der Waals surface area contributed by atoms with E-state index < -0.39 is 22.1 Å². The highest BCUT2D eigenvalue weighted by Gasteiger charge is 2.40. The van der Waals surface area contributed by atoms with E-state index in [4.69, 9.17) is 14.7 Å². The molecule has 0 aliphatic carbocycles. The Hall–Kier alpha value is -3.91. The fraction of sp³-hybridized carbons (Fsp3) is 0.545. The van der Waals surface area contributed by atoms with Gasteiger partial charge < -0.3 is 24.8 Å². The highest BCUT2D eigenvalue weighted by atomic mass is 32.2. The summed E-state index contributed by atoms with van der Waals surface area (Å²) in [6, 6.07) is 3.49. The number of nitrogens with one attached hydrogen (secondary N) is 1. The van der Waals surface area contributed by atoms with Crippen LogP contribution in [0, 0.1) is 5.92 Å². The van der Waals surface area contributed by atoms with Crippen LogP contribution in [0.25, 0.3) is 10.8 Å². The van der Waals surface area contributed by atoms with Gasteiger partial charge in [0.25, 0.3) is 0 Å². The number of carbonyl (C=O) groups excluding carboxylic acids is 1. The summed E-state index contributed by atoms with van der Waals surface area (Å²) in [5.41, 5.74) is 0.909. The molecule has 6 rings (SSSR count). The van der Waals surface area contributed by atoms with Crippen molar-refractivity contribution in [1.29, 1.82) is 0 Å². The van der Waals surface area contributed by atoms with Gasteiger partial charge in [-0.05, 0) is 63.6 Å². The van der Waals surface area contributed by atoms with E-state index in [2.05, 4.69) is 26.8 Å². The Kier molecular flexibility index (Phi) is 9.34. The van der Waals surface area contributed by atoms with Crippen molar-refractivity contribution >= 4 is 49.9 Å². The minimum Gasteiger partial charge on any atom is -0.372 e. The molecular weight excluding hydrogens is 623 g/mol. The first kappa shape index (κ1) is 33.0. The predicted molar refractivity (Wildman–Crippen MR) is 180 cm³/mol. The molecule has 5 atom stereocenters. The minimum absolute atomic E-state index is 0.0131. The first-order valence-corrected chi connectivity index (χ1v) is 18.3. The molecule has 14 heteroatoms. The van der Waals surface area contributed by atoms with Crippen molar-refractivity contribution < 1.29 is 22.3 Å². The molecule has 3 fully saturated rings. The molecule has 0 bridgehead atoms. The van der Waals surface area contributed by atoms with E-state index >= 15 is 0 Å². The lowest BCUT2D eigenvalue weighted by Gasteiger charge is -2.47. The number of aromatic nitrogens is 4. The first-order valence-electron chi connectivity index (χ1n) is 16.2. The zero-order valence-corrected chi connectivity index (χ0v) is 28.2. The van der Waals surface area contributed by atoms with Gasteiger partial charge >= 0.3 is 0 Å². The summed E-state index contributed by atoms with van der Waals surface area (Å²) >= 11 is 0. The van der Waals surface area contributed by atoms with Crippen molar-refractivity contribution in [3.05, 3.63) is 48.9 Å². The summed E-state index contributed by atoms with van der Waals surface area (Å²) < 4.78 is 44.6. The van der Waals surface area contributed by atoms with Crippen LogP contribution in [0.2, 0.25) is 0 Å². The van der Waals surface area contributed by atoms with Crippen LogP contribution in [0.4, 0.5) is 27.8 Å². The maximum absolute atomic E-state index is 14.9. The third-order valence-electron chi connectivity index (χ3n) is 9.36.